The average molecular weight is 428 g/mol. The lowest BCUT2D eigenvalue weighted by molar-refractivity contribution is 0.0951. The number of carbonyl (C=O) groups is 1. The number of aromatic nitrogens is 2. The first kappa shape index (κ1) is 21.1. The Hall–Kier alpha value is -4.13. The SMILES string of the molecule is CC1C=CC=C(CCNC(=O)c2cccnc2Oc2ccc(Nc3ccccn3)cc2)N1. The predicted octanol–water partition coefficient (Wildman–Crippen LogP) is 4.56. The second kappa shape index (κ2) is 10.3. The van der Waals surface area contributed by atoms with Crippen molar-refractivity contribution in [1.82, 2.24) is 20.6 Å². The van der Waals surface area contributed by atoms with E-state index in [1.807, 2.05) is 54.6 Å². The van der Waals surface area contributed by atoms with Crippen LogP contribution in [0.15, 0.2) is 90.9 Å². The first-order chi connectivity index (χ1) is 15.7. The topological polar surface area (TPSA) is 88.2 Å². The summed E-state index contributed by atoms with van der Waals surface area (Å²) >= 11 is 0. The van der Waals surface area contributed by atoms with Crippen LogP contribution in [0.4, 0.5) is 11.5 Å². The number of nitrogens with one attached hydrogen (secondary N) is 3. The number of hydrogen-bond acceptors (Lipinski definition) is 6. The van der Waals surface area contributed by atoms with E-state index in [2.05, 4.69) is 38.9 Å². The van der Waals surface area contributed by atoms with E-state index in [-0.39, 0.29) is 11.8 Å². The lowest BCUT2D eigenvalue weighted by atomic mass is 10.1. The summed E-state index contributed by atoms with van der Waals surface area (Å²) in [4.78, 5) is 21.2. The number of rotatable bonds is 8. The Morgan fingerprint density at radius 1 is 1.06 bits per heavy atom. The number of carbonyl (C=O) groups excluding carboxylic acids is 1. The minimum absolute atomic E-state index is 0.221. The van der Waals surface area contributed by atoms with Crippen LogP contribution in [0.3, 0.4) is 0 Å². The predicted molar refractivity (Wildman–Crippen MR) is 125 cm³/mol. The van der Waals surface area contributed by atoms with Crippen LogP contribution in [-0.2, 0) is 0 Å². The van der Waals surface area contributed by atoms with Gasteiger partial charge in [-0.05, 0) is 61.5 Å². The van der Waals surface area contributed by atoms with E-state index in [0.29, 0.717) is 23.9 Å². The molecule has 162 valence electrons. The molecule has 2 aromatic heterocycles. The first-order valence-electron chi connectivity index (χ1n) is 10.5. The Bertz CT molecular complexity index is 1110. The molecular formula is C25H25N5O2. The summed E-state index contributed by atoms with van der Waals surface area (Å²) in [5.41, 5.74) is 2.37. The van der Waals surface area contributed by atoms with E-state index >= 15 is 0 Å². The van der Waals surface area contributed by atoms with E-state index in [4.69, 9.17) is 4.74 Å². The molecule has 7 heteroatoms. The first-order valence-corrected chi connectivity index (χ1v) is 10.5. The molecule has 1 aliphatic rings. The summed E-state index contributed by atoms with van der Waals surface area (Å²) in [5.74, 6) is 1.39. The highest BCUT2D eigenvalue weighted by atomic mass is 16.5. The summed E-state index contributed by atoms with van der Waals surface area (Å²) in [6, 6.07) is 16.8. The molecule has 0 bridgehead atoms. The molecule has 3 N–H and O–H groups in total. The zero-order chi connectivity index (χ0) is 22.2. The molecule has 0 fully saturated rings. The molecule has 4 rings (SSSR count). The fourth-order valence-electron chi connectivity index (χ4n) is 3.24. The Morgan fingerprint density at radius 2 is 1.91 bits per heavy atom. The van der Waals surface area contributed by atoms with Crippen molar-refractivity contribution in [2.45, 2.75) is 19.4 Å². The van der Waals surface area contributed by atoms with Crippen molar-refractivity contribution in [3.05, 3.63) is 96.5 Å². The van der Waals surface area contributed by atoms with Crippen LogP contribution in [0.25, 0.3) is 0 Å². The van der Waals surface area contributed by atoms with Gasteiger partial charge in [-0.15, -0.1) is 0 Å². The van der Waals surface area contributed by atoms with Crippen molar-refractivity contribution in [2.75, 3.05) is 11.9 Å². The fourth-order valence-corrected chi connectivity index (χ4v) is 3.24. The van der Waals surface area contributed by atoms with Crippen LogP contribution in [-0.4, -0.2) is 28.5 Å². The molecular weight excluding hydrogens is 402 g/mol. The summed E-state index contributed by atoms with van der Waals surface area (Å²) in [6.45, 7) is 2.60. The molecule has 0 spiro atoms. The van der Waals surface area contributed by atoms with Gasteiger partial charge < -0.3 is 20.7 Å². The molecule has 0 saturated carbocycles. The van der Waals surface area contributed by atoms with Crippen molar-refractivity contribution in [3.8, 4) is 11.6 Å². The minimum Gasteiger partial charge on any atom is -0.438 e. The quantitative estimate of drug-likeness (QED) is 0.488. The van der Waals surface area contributed by atoms with Crippen LogP contribution < -0.4 is 20.7 Å². The van der Waals surface area contributed by atoms with Gasteiger partial charge in [0.15, 0.2) is 0 Å². The van der Waals surface area contributed by atoms with Gasteiger partial charge in [-0.1, -0.05) is 18.2 Å². The lowest BCUT2D eigenvalue weighted by Crippen LogP contribution is -2.30. The maximum Gasteiger partial charge on any atom is 0.256 e. The third-order valence-corrected chi connectivity index (χ3v) is 4.81. The Labute approximate surface area is 187 Å². The van der Waals surface area contributed by atoms with Gasteiger partial charge in [0.05, 0.1) is 0 Å². The van der Waals surface area contributed by atoms with Crippen LogP contribution >= 0.6 is 0 Å². The van der Waals surface area contributed by atoms with Crippen LogP contribution in [0.2, 0.25) is 0 Å². The maximum atomic E-state index is 12.7. The molecule has 32 heavy (non-hydrogen) atoms. The number of amides is 1. The fraction of sp³-hybridized carbons (Fsp3) is 0.160. The third-order valence-electron chi connectivity index (χ3n) is 4.81. The highest BCUT2D eigenvalue weighted by molar-refractivity contribution is 5.96. The standard InChI is InChI=1S/C25H25N5O2/c1-18-6-4-7-19(29-18)14-17-27-24(31)22-8-5-16-28-25(22)32-21-12-10-20(11-13-21)30-23-9-2-3-15-26-23/h2-13,15-16,18,29H,14,17H2,1H3,(H,26,30)(H,27,31). The van der Waals surface area contributed by atoms with Crippen molar-refractivity contribution in [2.24, 2.45) is 0 Å². The van der Waals surface area contributed by atoms with E-state index in [1.54, 1.807) is 24.5 Å². The summed E-state index contributed by atoms with van der Waals surface area (Å²) < 4.78 is 5.90. The van der Waals surface area contributed by atoms with E-state index in [0.717, 1.165) is 23.6 Å². The van der Waals surface area contributed by atoms with Gasteiger partial charge in [0.2, 0.25) is 5.88 Å². The van der Waals surface area contributed by atoms with Crippen LogP contribution in [0.5, 0.6) is 11.6 Å². The molecule has 1 atom stereocenters. The van der Waals surface area contributed by atoms with Gasteiger partial charge in [0.1, 0.15) is 17.1 Å². The largest absolute Gasteiger partial charge is 0.438 e. The number of nitrogens with zero attached hydrogens (tertiary/aromatic N) is 2. The van der Waals surface area contributed by atoms with Crippen LogP contribution in [0, 0.1) is 0 Å². The number of anilines is 2. The number of benzene rings is 1. The summed E-state index contributed by atoms with van der Waals surface area (Å²) in [6.07, 6.45) is 10.2. The average Bonchev–Trinajstić information content (AvgIpc) is 2.81. The zero-order valence-corrected chi connectivity index (χ0v) is 17.8. The minimum atomic E-state index is -0.221. The Balaban J connectivity index is 1.36. The smallest absolute Gasteiger partial charge is 0.256 e. The van der Waals surface area contributed by atoms with Crippen molar-refractivity contribution in [1.29, 1.82) is 0 Å². The highest BCUT2D eigenvalue weighted by Gasteiger charge is 2.14. The second-order valence-electron chi connectivity index (χ2n) is 7.34. The van der Waals surface area contributed by atoms with E-state index in [1.165, 1.54) is 0 Å². The third kappa shape index (κ3) is 5.72. The molecule has 3 aromatic rings. The second-order valence-corrected chi connectivity index (χ2v) is 7.34. The molecule has 0 aliphatic carbocycles. The molecule has 1 amide bonds. The summed E-state index contributed by atoms with van der Waals surface area (Å²) in [7, 11) is 0. The van der Waals surface area contributed by atoms with Gasteiger partial charge in [0.25, 0.3) is 5.91 Å². The van der Waals surface area contributed by atoms with Gasteiger partial charge in [-0.25, -0.2) is 9.97 Å². The molecule has 0 saturated heterocycles. The molecule has 1 unspecified atom stereocenters. The van der Waals surface area contributed by atoms with Gasteiger partial charge in [0, 0.05) is 42.8 Å². The number of ether oxygens (including phenoxy) is 1. The molecule has 0 radical (unpaired) electrons. The van der Waals surface area contributed by atoms with E-state index in [9.17, 15) is 4.79 Å². The number of allylic oxidation sites excluding steroid dienone is 2. The number of pyridine rings is 2. The van der Waals surface area contributed by atoms with E-state index < -0.39 is 0 Å². The van der Waals surface area contributed by atoms with Gasteiger partial charge in [-0.2, -0.15) is 0 Å². The van der Waals surface area contributed by atoms with Crippen molar-refractivity contribution >= 4 is 17.4 Å². The Kier molecular flexibility index (Phi) is 6.77. The van der Waals surface area contributed by atoms with Gasteiger partial charge >= 0.3 is 0 Å². The zero-order valence-electron chi connectivity index (χ0n) is 17.8. The lowest BCUT2D eigenvalue weighted by Gasteiger charge is -2.18. The summed E-state index contributed by atoms with van der Waals surface area (Å²) in [5, 5.41) is 9.53. The molecule has 1 aliphatic heterocycles. The molecule has 3 heterocycles. The highest BCUT2D eigenvalue weighted by Crippen LogP contribution is 2.25. The van der Waals surface area contributed by atoms with Crippen molar-refractivity contribution in [3.63, 3.8) is 0 Å². The van der Waals surface area contributed by atoms with Crippen molar-refractivity contribution < 1.29 is 9.53 Å². The van der Waals surface area contributed by atoms with Crippen LogP contribution in [0.1, 0.15) is 23.7 Å². The normalized spacial score (nSPS) is 14.8. The molecule has 1 aromatic carbocycles. The Morgan fingerprint density at radius 3 is 2.69 bits per heavy atom. The van der Waals surface area contributed by atoms with Gasteiger partial charge in [-0.3, -0.25) is 4.79 Å². The maximum absolute atomic E-state index is 12.7. The number of dihydropyridines is 1. The molecule has 7 nitrogen and oxygen atoms in total. The monoisotopic (exact) mass is 427 g/mol. The number of hydrogen-bond donors (Lipinski definition) is 3.